The minimum Gasteiger partial charge on any atom is -0.489 e. The van der Waals surface area contributed by atoms with Crippen molar-refractivity contribution in [2.75, 3.05) is 17.2 Å². The van der Waals surface area contributed by atoms with Crippen molar-refractivity contribution in [3.05, 3.63) is 18.2 Å². The van der Waals surface area contributed by atoms with Gasteiger partial charge in [0.15, 0.2) is 0 Å². The normalized spacial score (nSPS) is 20.1. The molecule has 1 spiro atoms. The summed E-state index contributed by atoms with van der Waals surface area (Å²) in [6.45, 7) is 4.69. The number of ether oxygens (including phenoxy) is 1. The molecule has 1 aliphatic carbocycles. The summed E-state index contributed by atoms with van der Waals surface area (Å²) in [7, 11) is 0. The Hall–Kier alpha value is -1.71. The highest BCUT2D eigenvalue weighted by Crippen LogP contribution is 2.46. The molecule has 0 unspecified atom stereocenters. The number of nitrogens with one attached hydrogen (secondary N) is 2. The smallest absolute Gasteiger partial charge is 0.232 e. The predicted octanol–water partition coefficient (Wildman–Crippen LogP) is 3.01. The zero-order valence-electron chi connectivity index (χ0n) is 11.5. The second-order valence-corrected chi connectivity index (χ2v) is 5.79. The van der Waals surface area contributed by atoms with Crippen LogP contribution >= 0.6 is 0 Å². The highest BCUT2D eigenvalue weighted by Gasteiger charge is 2.45. The number of benzene rings is 1. The number of para-hydroxylation sites is 1. The number of carbonyl (C=O) groups is 1. The first-order valence-corrected chi connectivity index (χ1v) is 6.96. The van der Waals surface area contributed by atoms with E-state index in [1.807, 2.05) is 32.0 Å². The summed E-state index contributed by atoms with van der Waals surface area (Å²) in [6, 6.07) is 5.84. The lowest BCUT2D eigenvalue weighted by atomic mass is 9.68. The number of fused-ring (bicyclic) bond motifs is 1. The number of anilines is 2. The maximum absolute atomic E-state index is 12.4. The second-order valence-electron chi connectivity index (χ2n) is 5.79. The zero-order valence-corrected chi connectivity index (χ0v) is 11.5. The van der Waals surface area contributed by atoms with E-state index in [1.54, 1.807) is 0 Å². The van der Waals surface area contributed by atoms with Crippen molar-refractivity contribution in [2.45, 2.75) is 39.2 Å². The third-order valence-electron chi connectivity index (χ3n) is 4.04. The van der Waals surface area contributed by atoms with E-state index in [2.05, 4.69) is 10.6 Å². The first-order chi connectivity index (χ1) is 9.11. The highest BCUT2D eigenvalue weighted by molar-refractivity contribution is 6.02. The van der Waals surface area contributed by atoms with Crippen LogP contribution in [-0.2, 0) is 4.79 Å². The van der Waals surface area contributed by atoms with E-state index >= 15 is 0 Å². The molecule has 1 fully saturated rings. The van der Waals surface area contributed by atoms with Gasteiger partial charge in [0, 0.05) is 6.54 Å². The Bertz CT molecular complexity index is 507. The summed E-state index contributed by atoms with van der Waals surface area (Å²) < 4.78 is 5.78. The molecule has 1 saturated carbocycles. The Balaban J connectivity index is 1.94. The predicted molar refractivity (Wildman–Crippen MR) is 75.6 cm³/mol. The summed E-state index contributed by atoms with van der Waals surface area (Å²) >= 11 is 0. The third kappa shape index (κ3) is 2.05. The molecule has 1 aromatic carbocycles. The van der Waals surface area contributed by atoms with Gasteiger partial charge in [-0.3, -0.25) is 4.79 Å². The van der Waals surface area contributed by atoms with Gasteiger partial charge < -0.3 is 15.4 Å². The lowest BCUT2D eigenvalue weighted by Crippen LogP contribution is -2.45. The minimum absolute atomic E-state index is 0.0873. The number of carbonyl (C=O) groups excluding carboxylic acids is 1. The molecule has 0 saturated heterocycles. The van der Waals surface area contributed by atoms with Crippen molar-refractivity contribution in [3.63, 3.8) is 0 Å². The van der Waals surface area contributed by atoms with Gasteiger partial charge in [-0.1, -0.05) is 12.5 Å². The molecule has 102 valence electrons. The van der Waals surface area contributed by atoms with Crippen molar-refractivity contribution in [2.24, 2.45) is 5.41 Å². The van der Waals surface area contributed by atoms with Crippen LogP contribution < -0.4 is 15.4 Å². The monoisotopic (exact) mass is 260 g/mol. The van der Waals surface area contributed by atoms with Crippen molar-refractivity contribution in [1.29, 1.82) is 0 Å². The van der Waals surface area contributed by atoms with Crippen molar-refractivity contribution in [3.8, 4) is 5.75 Å². The van der Waals surface area contributed by atoms with Crippen LogP contribution in [0.3, 0.4) is 0 Å². The topological polar surface area (TPSA) is 50.4 Å². The van der Waals surface area contributed by atoms with E-state index in [4.69, 9.17) is 4.74 Å². The molecule has 0 radical (unpaired) electrons. The minimum atomic E-state index is -0.214. The maximum Gasteiger partial charge on any atom is 0.232 e. The zero-order chi connectivity index (χ0) is 13.5. The van der Waals surface area contributed by atoms with E-state index in [0.29, 0.717) is 0 Å². The van der Waals surface area contributed by atoms with E-state index < -0.39 is 0 Å². The molecule has 1 heterocycles. The summed E-state index contributed by atoms with van der Waals surface area (Å²) in [6.07, 6.45) is 3.17. The Kier molecular flexibility index (Phi) is 2.88. The van der Waals surface area contributed by atoms with Crippen molar-refractivity contribution in [1.82, 2.24) is 0 Å². The molecule has 4 nitrogen and oxygen atoms in total. The van der Waals surface area contributed by atoms with E-state index in [-0.39, 0.29) is 17.4 Å². The van der Waals surface area contributed by atoms with Gasteiger partial charge in [-0.2, -0.15) is 0 Å². The molecule has 1 aromatic rings. The van der Waals surface area contributed by atoms with Gasteiger partial charge in [0.25, 0.3) is 0 Å². The maximum atomic E-state index is 12.4. The highest BCUT2D eigenvalue weighted by atomic mass is 16.5. The lowest BCUT2D eigenvalue weighted by Gasteiger charge is -2.38. The number of hydrogen-bond acceptors (Lipinski definition) is 3. The summed E-state index contributed by atoms with van der Waals surface area (Å²) in [5.74, 6) is 0.870. The van der Waals surface area contributed by atoms with Gasteiger partial charge in [-0.15, -0.1) is 0 Å². The average Bonchev–Trinajstić information content (AvgIpc) is 2.45. The summed E-state index contributed by atoms with van der Waals surface area (Å²) in [5, 5.41) is 6.46. The van der Waals surface area contributed by atoms with Gasteiger partial charge in [0.2, 0.25) is 5.91 Å². The van der Waals surface area contributed by atoms with Crippen LogP contribution in [0.1, 0.15) is 33.1 Å². The van der Waals surface area contributed by atoms with Crippen LogP contribution in [0.4, 0.5) is 11.4 Å². The van der Waals surface area contributed by atoms with E-state index in [9.17, 15) is 4.79 Å². The second kappa shape index (κ2) is 4.44. The van der Waals surface area contributed by atoms with Crippen LogP contribution in [0, 0.1) is 5.41 Å². The van der Waals surface area contributed by atoms with Gasteiger partial charge in [-0.25, -0.2) is 0 Å². The Morgan fingerprint density at radius 2 is 2.11 bits per heavy atom. The molecule has 3 rings (SSSR count). The molecule has 0 aromatic heterocycles. The van der Waals surface area contributed by atoms with Crippen LogP contribution in [0.5, 0.6) is 5.75 Å². The Morgan fingerprint density at radius 3 is 2.74 bits per heavy atom. The van der Waals surface area contributed by atoms with Crippen LogP contribution in [-0.4, -0.2) is 18.6 Å². The molecule has 0 bridgehead atoms. The first-order valence-electron chi connectivity index (χ1n) is 6.96. The van der Waals surface area contributed by atoms with Gasteiger partial charge in [0.05, 0.1) is 17.2 Å². The van der Waals surface area contributed by atoms with E-state index in [0.717, 1.165) is 42.9 Å². The van der Waals surface area contributed by atoms with Crippen LogP contribution in [0.2, 0.25) is 0 Å². The quantitative estimate of drug-likeness (QED) is 0.859. The number of rotatable bonds is 2. The van der Waals surface area contributed by atoms with Gasteiger partial charge >= 0.3 is 0 Å². The third-order valence-corrected chi connectivity index (χ3v) is 4.04. The van der Waals surface area contributed by atoms with Crippen molar-refractivity contribution >= 4 is 17.3 Å². The Morgan fingerprint density at radius 1 is 1.32 bits per heavy atom. The largest absolute Gasteiger partial charge is 0.489 e. The van der Waals surface area contributed by atoms with E-state index in [1.165, 1.54) is 0 Å². The molecule has 1 aliphatic heterocycles. The fourth-order valence-corrected chi connectivity index (χ4v) is 2.76. The van der Waals surface area contributed by atoms with Crippen molar-refractivity contribution < 1.29 is 9.53 Å². The fraction of sp³-hybridized carbons (Fsp3) is 0.533. The SMILES string of the molecule is CC(C)Oc1cccc2c1NC(=O)C1(CCC1)CN2. The summed E-state index contributed by atoms with van der Waals surface area (Å²) in [4.78, 5) is 12.4. The van der Waals surface area contributed by atoms with Crippen LogP contribution in [0.25, 0.3) is 0 Å². The molecule has 1 amide bonds. The van der Waals surface area contributed by atoms with Gasteiger partial charge in [-0.05, 0) is 38.8 Å². The molecular formula is C15H20N2O2. The number of amides is 1. The number of hydrogen-bond donors (Lipinski definition) is 2. The molecule has 0 atom stereocenters. The fourth-order valence-electron chi connectivity index (χ4n) is 2.76. The average molecular weight is 260 g/mol. The Labute approximate surface area is 113 Å². The molecular weight excluding hydrogens is 240 g/mol. The molecule has 2 N–H and O–H groups in total. The van der Waals surface area contributed by atoms with Gasteiger partial charge in [0.1, 0.15) is 11.4 Å². The lowest BCUT2D eigenvalue weighted by molar-refractivity contribution is -0.129. The summed E-state index contributed by atoms with van der Waals surface area (Å²) in [5.41, 5.74) is 1.52. The molecule has 19 heavy (non-hydrogen) atoms. The standard InChI is InChI=1S/C15H20N2O2/c1-10(2)19-12-6-3-5-11-13(12)17-14(18)15(9-16-11)7-4-8-15/h3,5-6,10,16H,4,7-9H2,1-2H3,(H,17,18). The first kappa shape index (κ1) is 12.3. The van der Waals surface area contributed by atoms with Crippen LogP contribution in [0.15, 0.2) is 18.2 Å². The molecule has 2 aliphatic rings. The molecule has 4 heteroatoms.